The van der Waals surface area contributed by atoms with Crippen LogP contribution in [0.15, 0.2) is 18.2 Å². The van der Waals surface area contributed by atoms with E-state index in [1.807, 2.05) is 0 Å². The second-order valence-electron chi connectivity index (χ2n) is 5.00. The number of para-hydroxylation sites is 1. The average Bonchev–Trinajstić information content (AvgIpc) is 3.02. The number of likely N-dealkylation sites (N-methyl/N-ethyl adjacent to an activating group) is 1. The average molecular weight is 312 g/mol. The third-order valence-corrected chi connectivity index (χ3v) is 3.46. The lowest BCUT2D eigenvalue weighted by atomic mass is 10.2. The number of amides is 2. The first-order valence-corrected chi connectivity index (χ1v) is 7.17. The molecule has 0 aliphatic carbocycles. The van der Waals surface area contributed by atoms with Crippen molar-refractivity contribution in [3.8, 4) is 0 Å². The smallest absolute Gasteiger partial charge is 0.252 e. The van der Waals surface area contributed by atoms with Crippen LogP contribution in [0.25, 0.3) is 0 Å². The van der Waals surface area contributed by atoms with Crippen LogP contribution in [-0.4, -0.2) is 42.5 Å². The van der Waals surface area contributed by atoms with Crippen molar-refractivity contribution >= 4 is 17.5 Å². The summed E-state index contributed by atoms with van der Waals surface area (Å²) < 4.78 is 32.3. The number of rotatable bonds is 5. The zero-order valence-corrected chi connectivity index (χ0v) is 12.3. The van der Waals surface area contributed by atoms with E-state index in [1.165, 1.54) is 11.0 Å². The lowest BCUT2D eigenvalue weighted by molar-refractivity contribution is -0.142. The molecule has 0 saturated carbocycles. The van der Waals surface area contributed by atoms with Crippen LogP contribution in [0, 0.1) is 11.6 Å². The topological polar surface area (TPSA) is 58.6 Å². The predicted molar refractivity (Wildman–Crippen MR) is 76.2 cm³/mol. The van der Waals surface area contributed by atoms with Gasteiger partial charge < -0.3 is 15.0 Å². The van der Waals surface area contributed by atoms with Gasteiger partial charge in [-0.25, -0.2) is 8.78 Å². The van der Waals surface area contributed by atoms with E-state index in [4.69, 9.17) is 4.74 Å². The minimum Gasteiger partial charge on any atom is -0.368 e. The van der Waals surface area contributed by atoms with Crippen molar-refractivity contribution in [2.45, 2.75) is 25.9 Å². The molecule has 1 aromatic rings. The maximum absolute atomic E-state index is 13.5. The molecule has 1 aromatic carbocycles. The van der Waals surface area contributed by atoms with Crippen molar-refractivity contribution in [1.82, 2.24) is 4.90 Å². The van der Waals surface area contributed by atoms with Gasteiger partial charge in [0.2, 0.25) is 5.91 Å². The van der Waals surface area contributed by atoms with Gasteiger partial charge in [0.1, 0.15) is 23.4 Å². The van der Waals surface area contributed by atoms with Gasteiger partial charge in [-0.1, -0.05) is 6.07 Å². The van der Waals surface area contributed by atoms with Crippen molar-refractivity contribution in [2.75, 3.05) is 25.0 Å². The minimum absolute atomic E-state index is 0.274. The second-order valence-corrected chi connectivity index (χ2v) is 5.00. The van der Waals surface area contributed by atoms with Gasteiger partial charge in [0.15, 0.2) is 0 Å². The SMILES string of the molecule is CCN(CC(=O)Nc1c(F)cccc1F)C(=O)[C@H]1CCCO1. The van der Waals surface area contributed by atoms with E-state index in [2.05, 4.69) is 5.32 Å². The van der Waals surface area contributed by atoms with Crippen LogP contribution in [0.2, 0.25) is 0 Å². The fourth-order valence-corrected chi connectivity index (χ4v) is 2.29. The lowest BCUT2D eigenvalue weighted by Gasteiger charge is -2.23. The lowest BCUT2D eigenvalue weighted by Crippen LogP contribution is -2.43. The Labute approximate surface area is 127 Å². The number of ether oxygens (including phenoxy) is 1. The highest BCUT2D eigenvalue weighted by Gasteiger charge is 2.28. The van der Waals surface area contributed by atoms with E-state index in [-0.39, 0.29) is 12.5 Å². The largest absolute Gasteiger partial charge is 0.368 e. The van der Waals surface area contributed by atoms with E-state index < -0.39 is 29.3 Å². The third kappa shape index (κ3) is 3.79. The van der Waals surface area contributed by atoms with Gasteiger partial charge in [0.05, 0.1) is 6.54 Å². The highest BCUT2D eigenvalue weighted by atomic mass is 19.1. The molecular formula is C15H18F2N2O3. The molecular weight excluding hydrogens is 294 g/mol. The molecule has 1 fully saturated rings. The molecule has 0 bridgehead atoms. The molecule has 1 N–H and O–H groups in total. The molecule has 0 unspecified atom stereocenters. The summed E-state index contributed by atoms with van der Waals surface area (Å²) in [5.74, 6) is -2.65. The molecule has 2 rings (SSSR count). The quantitative estimate of drug-likeness (QED) is 0.904. The Bertz CT molecular complexity index is 539. The number of nitrogens with zero attached hydrogens (tertiary/aromatic N) is 1. The Kier molecular flexibility index (Phi) is 5.43. The number of anilines is 1. The van der Waals surface area contributed by atoms with E-state index in [9.17, 15) is 18.4 Å². The fourth-order valence-electron chi connectivity index (χ4n) is 2.29. The van der Waals surface area contributed by atoms with Gasteiger partial charge >= 0.3 is 0 Å². The van der Waals surface area contributed by atoms with Crippen molar-refractivity contribution in [3.63, 3.8) is 0 Å². The molecule has 0 aromatic heterocycles. The van der Waals surface area contributed by atoms with E-state index in [1.54, 1.807) is 6.92 Å². The Morgan fingerprint density at radius 1 is 1.36 bits per heavy atom. The Morgan fingerprint density at radius 2 is 2.05 bits per heavy atom. The molecule has 0 spiro atoms. The number of carbonyl (C=O) groups is 2. The van der Waals surface area contributed by atoms with Gasteiger partial charge in [-0.2, -0.15) is 0 Å². The molecule has 1 aliphatic heterocycles. The van der Waals surface area contributed by atoms with Crippen LogP contribution in [0.5, 0.6) is 0 Å². The number of hydrogen-bond donors (Lipinski definition) is 1. The summed E-state index contributed by atoms with van der Waals surface area (Å²) in [6.07, 6.45) is 0.900. The predicted octanol–water partition coefficient (Wildman–Crippen LogP) is 1.93. The van der Waals surface area contributed by atoms with E-state index in [0.29, 0.717) is 19.6 Å². The molecule has 1 atom stereocenters. The highest BCUT2D eigenvalue weighted by molar-refractivity contribution is 5.95. The summed E-state index contributed by atoms with van der Waals surface area (Å²) in [6, 6.07) is 3.31. The zero-order valence-electron chi connectivity index (χ0n) is 12.3. The fraction of sp³-hybridized carbons (Fsp3) is 0.467. The van der Waals surface area contributed by atoms with Crippen LogP contribution in [-0.2, 0) is 14.3 Å². The molecule has 0 radical (unpaired) electrons. The van der Waals surface area contributed by atoms with Crippen LogP contribution < -0.4 is 5.32 Å². The maximum Gasteiger partial charge on any atom is 0.252 e. The first-order chi connectivity index (χ1) is 10.5. The highest BCUT2D eigenvalue weighted by Crippen LogP contribution is 2.18. The summed E-state index contributed by atoms with van der Waals surface area (Å²) in [5.41, 5.74) is -0.506. The summed E-state index contributed by atoms with van der Waals surface area (Å²) in [6.45, 7) is 2.29. The van der Waals surface area contributed by atoms with Crippen molar-refractivity contribution in [2.24, 2.45) is 0 Å². The summed E-state index contributed by atoms with van der Waals surface area (Å²) >= 11 is 0. The van der Waals surface area contributed by atoms with Crippen molar-refractivity contribution in [3.05, 3.63) is 29.8 Å². The van der Waals surface area contributed by atoms with Gasteiger partial charge in [0.25, 0.3) is 5.91 Å². The summed E-state index contributed by atoms with van der Waals surface area (Å²) in [4.78, 5) is 25.4. The van der Waals surface area contributed by atoms with E-state index in [0.717, 1.165) is 18.6 Å². The Hall–Kier alpha value is -2.02. The molecule has 1 saturated heterocycles. The molecule has 5 nitrogen and oxygen atoms in total. The van der Waals surface area contributed by atoms with Crippen molar-refractivity contribution < 1.29 is 23.1 Å². The van der Waals surface area contributed by atoms with Crippen molar-refractivity contribution in [1.29, 1.82) is 0 Å². The Morgan fingerprint density at radius 3 is 2.59 bits per heavy atom. The number of nitrogens with one attached hydrogen (secondary N) is 1. The van der Waals surface area contributed by atoms with Gasteiger partial charge in [-0.3, -0.25) is 9.59 Å². The first kappa shape index (κ1) is 16.4. The minimum atomic E-state index is -0.859. The normalized spacial score (nSPS) is 17.3. The summed E-state index contributed by atoms with van der Waals surface area (Å²) in [7, 11) is 0. The van der Waals surface area contributed by atoms with Crippen LogP contribution in [0.1, 0.15) is 19.8 Å². The van der Waals surface area contributed by atoms with Crippen LogP contribution in [0.3, 0.4) is 0 Å². The van der Waals surface area contributed by atoms with Gasteiger partial charge in [0, 0.05) is 13.2 Å². The van der Waals surface area contributed by atoms with Crippen LogP contribution in [0.4, 0.5) is 14.5 Å². The molecule has 7 heteroatoms. The van der Waals surface area contributed by atoms with Crippen LogP contribution >= 0.6 is 0 Å². The maximum atomic E-state index is 13.5. The monoisotopic (exact) mass is 312 g/mol. The second kappa shape index (κ2) is 7.31. The standard InChI is InChI=1S/C15H18F2N2O3/c1-2-19(15(21)12-7-4-8-22-12)9-13(20)18-14-10(16)5-3-6-11(14)17/h3,5-6,12H,2,4,7-9H2,1H3,(H,18,20)/t12-/m1/s1. The molecule has 120 valence electrons. The van der Waals surface area contributed by atoms with E-state index >= 15 is 0 Å². The Balaban J connectivity index is 1.98. The van der Waals surface area contributed by atoms with Gasteiger partial charge in [-0.15, -0.1) is 0 Å². The molecule has 22 heavy (non-hydrogen) atoms. The summed E-state index contributed by atoms with van der Waals surface area (Å²) in [5, 5.41) is 2.17. The number of carbonyl (C=O) groups excluding carboxylic acids is 2. The number of benzene rings is 1. The van der Waals surface area contributed by atoms with Gasteiger partial charge in [-0.05, 0) is 31.9 Å². The first-order valence-electron chi connectivity index (χ1n) is 7.17. The number of halogens is 2. The molecule has 2 amide bonds. The zero-order chi connectivity index (χ0) is 16.1. The third-order valence-electron chi connectivity index (χ3n) is 3.46. The molecule has 1 heterocycles. The molecule has 1 aliphatic rings. The number of hydrogen-bond acceptors (Lipinski definition) is 3.